The van der Waals surface area contributed by atoms with Crippen molar-refractivity contribution in [2.75, 3.05) is 6.54 Å². The minimum atomic E-state index is -0.632. The molecule has 2 aromatic carbocycles. The molecule has 3 rings (SSSR count). The lowest BCUT2D eigenvalue weighted by atomic mass is 9.76. The molecule has 1 aliphatic rings. The summed E-state index contributed by atoms with van der Waals surface area (Å²) in [5.74, 6) is -1.53. The van der Waals surface area contributed by atoms with Crippen molar-refractivity contribution >= 4 is 12.4 Å². The van der Waals surface area contributed by atoms with Gasteiger partial charge >= 0.3 is 0 Å². The molecule has 0 saturated carbocycles. The Morgan fingerprint density at radius 1 is 0.955 bits per heavy atom. The van der Waals surface area contributed by atoms with Crippen LogP contribution >= 0.6 is 12.4 Å². The summed E-state index contributed by atoms with van der Waals surface area (Å²) in [5, 5.41) is 3.24. The van der Waals surface area contributed by atoms with Gasteiger partial charge in [-0.15, -0.1) is 12.4 Å². The van der Waals surface area contributed by atoms with Crippen LogP contribution in [0.4, 0.5) is 13.2 Å². The van der Waals surface area contributed by atoms with Crippen molar-refractivity contribution in [1.82, 2.24) is 5.32 Å². The Labute approximate surface area is 134 Å². The van der Waals surface area contributed by atoms with Crippen LogP contribution in [0.1, 0.15) is 25.0 Å². The minimum absolute atomic E-state index is 0. The zero-order chi connectivity index (χ0) is 15.2. The lowest BCUT2D eigenvalue weighted by Gasteiger charge is -2.34. The number of hydrogen-bond acceptors (Lipinski definition) is 1. The van der Waals surface area contributed by atoms with E-state index in [2.05, 4.69) is 5.32 Å². The number of nitrogens with one attached hydrogen (secondary N) is 1. The van der Waals surface area contributed by atoms with Crippen molar-refractivity contribution in [1.29, 1.82) is 0 Å². The lowest BCUT2D eigenvalue weighted by molar-refractivity contribution is 0.411. The smallest absolute Gasteiger partial charge is 0.133 e. The highest BCUT2D eigenvalue weighted by molar-refractivity contribution is 5.85. The molecule has 2 aromatic rings. The van der Waals surface area contributed by atoms with Crippen molar-refractivity contribution in [3.05, 3.63) is 58.9 Å². The number of fused-ring (bicyclic) bond motifs is 1. The Morgan fingerprint density at radius 2 is 1.64 bits per heavy atom. The maximum atomic E-state index is 14.2. The molecule has 1 N–H and O–H groups in total. The van der Waals surface area contributed by atoms with E-state index in [1.54, 1.807) is 6.07 Å². The predicted molar refractivity (Wildman–Crippen MR) is 83.7 cm³/mol. The molecule has 0 radical (unpaired) electrons. The highest BCUT2D eigenvalue weighted by atomic mass is 35.5. The van der Waals surface area contributed by atoms with E-state index in [0.29, 0.717) is 29.8 Å². The van der Waals surface area contributed by atoms with Crippen LogP contribution in [0.5, 0.6) is 0 Å². The molecular weight excluding hydrogens is 311 g/mol. The summed E-state index contributed by atoms with van der Waals surface area (Å²) in [6, 6.07) is 6.40. The molecule has 0 amide bonds. The quantitative estimate of drug-likeness (QED) is 0.809. The van der Waals surface area contributed by atoms with Crippen LogP contribution in [0.15, 0.2) is 30.3 Å². The van der Waals surface area contributed by atoms with Crippen molar-refractivity contribution in [3.8, 4) is 11.1 Å². The van der Waals surface area contributed by atoms with Crippen molar-refractivity contribution < 1.29 is 13.2 Å². The summed E-state index contributed by atoms with van der Waals surface area (Å²) in [6.07, 6.45) is 0. The van der Waals surface area contributed by atoms with Gasteiger partial charge in [-0.1, -0.05) is 19.9 Å². The monoisotopic (exact) mass is 327 g/mol. The van der Waals surface area contributed by atoms with Gasteiger partial charge in [0.1, 0.15) is 17.5 Å². The normalized spacial score (nSPS) is 15.9. The summed E-state index contributed by atoms with van der Waals surface area (Å²) < 4.78 is 41.4. The highest BCUT2D eigenvalue weighted by Crippen LogP contribution is 2.38. The first kappa shape index (κ1) is 16.8. The third-order valence-electron chi connectivity index (χ3n) is 4.03. The highest BCUT2D eigenvalue weighted by Gasteiger charge is 2.32. The van der Waals surface area contributed by atoms with Crippen LogP contribution < -0.4 is 5.32 Å². The third kappa shape index (κ3) is 2.73. The molecule has 0 fully saturated rings. The van der Waals surface area contributed by atoms with Gasteiger partial charge in [-0.3, -0.25) is 0 Å². The molecule has 0 atom stereocenters. The van der Waals surface area contributed by atoms with Gasteiger partial charge in [0.25, 0.3) is 0 Å². The zero-order valence-electron chi connectivity index (χ0n) is 12.3. The van der Waals surface area contributed by atoms with E-state index in [9.17, 15) is 13.2 Å². The fourth-order valence-electron chi connectivity index (χ4n) is 3.08. The molecule has 22 heavy (non-hydrogen) atoms. The second kappa shape index (κ2) is 5.94. The standard InChI is InChI=1S/C17H16F3N.ClH/c1-17(2)9-21-8-13-11(5-6-14(19)16(13)17)12-4-3-10(18)7-15(12)20;/h3-7,21H,8-9H2,1-2H3;1H. The van der Waals surface area contributed by atoms with Crippen molar-refractivity contribution in [2.45, 2.75) is 25.8 Å². The molecular formula is C17H17ClF3N. The largest absolute Gasteiger partial charge is 0.312 e. The Kier molecular flexibility index (Phi) is 4.54. The average molecular weight is 328 g/mol. The topological polar surface area (TPSA) is 12.0 Å². The van der Waals surface area contributed by atoms with Gasteiger partial charge in [-0.25, -0.2) is 13.2 Å². The number of rotatable bonds is 1. The summed E-state index contributed by atoms with van der Waals surface area (Å²) in [6.45, 7) is 5.03. The fraction of sp³-hybridized carbons (Fsp3) is 0.294. The van der Waals surface area contributed by atoms with E-state index >= 15 is 0 Å². The van der Waals surface area contributed by atoms with Gasteiger partial charge in [-0.05, 0) is 34.9 Å². The molecule has 0 spiro atoms. The van der Waals surface area contributed by atoms with E-state index in [0.717, 1.165) is 11.6 Å². The van der Waals surface area contributed by atoms with Gasteiger partial charge in [0.15, 0.2) is 0 Å². The molecule has 0 aliphatic carbocycles. The molecule has 0 aromatic heterocycles. The Morgan fingerprint density at radius 3 is 2.32 bits per heavy atom. The number of benzene rings is 2. The van der Waals surface area contributed by atoms with E-state index in [-0.39, 0.29) is 23.6 Å². The van der Waals surface area contributed by atoms with E-state index in [4.69, 9.17) is 0 Å². The van der Waals surface area contributed by atoms with E-state index in [1.807, 2.05) is 13.8 Å². The first-order chi connectivity index (χ1) is 9.90. The summed E-state index contributed by atoms with van der Waals surface area (Å²) in [5.41, 5.74) is 1.90. The Balaban J connectivity index is 0.00000176. The third-order valence-corrected chi connectivity index (χ3v) is 4.03. The summed E-state index contributed by atoms with van der Waals surface area (Å²) >= 11 is 0. The Hall–Kier alpha value is -1.52. The molecule has 0 unspecified atom stereocenters. The maximum Gasteiger partial charge on any atom is 0.133 e. The SMILES string of the molecule is CC1(C)CNCc2c(-c3ccc(F)cc3F)ccc(F)c21.Cl. The van der Waals surface area contributed by atoms with Gasteiger partial charge in [-0.2, -0.15) is 0 Å². The molecule has 0 saturated heterocycles. The average Bonchev–Trinajstić information content (AvgIpc) is 2.39. The fourth-order valence-corrected chi connectivity index (χ4v) is 3.08. The molecule has 0 bridgehead atoms. The summed E-state index contributed by atoms with van der Waals surface area (Å²) in [7, 11) is 0. The maximum absolute atomic E-state index is 14.2. The van der Waals surface area contributed by atoms with Gasteiger partial charge in [0.2, 0.25) is 0 Å². The van der Waals surface area contributed by atoms with Gasteiger partial charge < -0.3 is 5.32 Å². The Bertz CT molecular complexity index is 713. The zero-order valence-corrected chi connectivity index (χ0v) is 13.2. The van der Waals surface area contributed by atoms with Crippen molar-refractivity contribution in [2.24, 2.45) is 0 Å². The molecule has 5 heteroatoms. The molecule has 1 aliphatic heterocycles. The lowest BCUT2D eigenvalue weighted by Crippen LogP contribution is -2.39. The predicted octanol–water partition coefficient (Wildman–Crippen LogP) is 4.57. The van der Waals surface area contributed by atoms with Gasteiger partial charge in [0.05, 0.1) is 0 Å². The summed E-state index contributed by atoms with van der Waals surface area (Å²) in [4.78, 5) is 0. The first-order valence-corrected chi connectivity index (χ1v) is 6.88. The van der Waals surface area contributed by atoms with Gasteiger partial charge in [0, 0.05) is 30.1 Å². The van der Waals surface area contributed by atoms with Crippen LogP contribution in [0, 0.1) is 17.5 Å². The first-order valence-electron chi connectivity index (χ1n) is 6.88. The number of halogens is 4. The van der Waals surface area contributed by atoms with E-state index in [1.165, 1.54) is 18.2 Å². The van der Waals surface area contributed by atoms with Crippen molar-refractivity contribution in [3.63, 3.8) is 0 Å². The molecule has 118 valence electrons. The van der Waals surface area contributed by atoms with Crippen LogP contribution in [0.2, 0.25) is 0 Å². The van der Waals surface area contributed by atoms with E-state index < -0.39 is 11.6 Å². The van der Waals surface area contributed by atoms with Crippen LogP contribution in [0.3, 0.4) is 0 Å². The van der Waals surface area contributed by atoms with Crippen LogP contribution in [-0.4, -0.2) is 6.54 Å². The molecule has 1 nitrogen and oxygen atoms in total. The van der Waals surface area contributed by atoms with Crippen LogP contribution in [0.25, 0.3) is 11.1 Å². The number of hydrogen-bond donors (Lipinski definition) is 1. The molecule has 1 heterocycles. The second-order valence-corrected chi connectivity index (χ2v) is 6.06. The minimum Gasteiger partial charge on any atom is -0.312 e. The second-order valence-electron chi connectivity index (χ2n) is 6.06. The van der Waals surface area contributed by atoms with Crippen LogP contribution in [-0.2, 0) is 12.0 Å².